The van der Waals surface area contributed by atoms with E-state index in [0.29, 0.717) is 17.7 Å². The number of benzene rings is 2. The van der Waals surface area contributed by atoms with Crippen LogP contribution in [0.15, 0.2) is 63.9 Å². The van der Waals surface area contributed by atoms with E-state index in [1.165, 1.54) is 0 Å². The predicted molar refractivity (Wildman–Crippen MR) is 103 cm³/mol. The Morgan fingerprint density at radius 1 is 0.885 bits per heavy atom. The predicted octanol–water partition coefficient (Wildman–Crippen LogP) is 3.99. The fraction of sp³-hybridized carbons (Fsp3) is 0.167. The van der Waals surface area contributed by atoms with Crippen molar-refractivity contribution in [2.75, 3.05) is 5.43 Å². The monoisotopic (exact) mass is 346 g/mol. The Hall–Kier alpha value is -3.55. The minimum Gasteiger partial charge on any atom is -0.312 e. The molecule has 4 aromatic rings. The van der Waals surface area contributed by atoms with Crippen LogP contribution < -0.4 is 5.43 Å². The van der Waals surface area contributed by atoms with Crippen molar-refractivity contribution in [2.24, 2.45) is 29.4 Å². The van der Waals surface area contributed by atoms with Crippen LogP contribution in [0, 0.1) is 0 Å². The first kappa shape index (κ1) is 15.9. The smallest absolute Gasteiger partial charge is 0.250 e. The minimum absolute atomic E-state index is 0.476. The summed E-state index contributed by atoms with van der Waals surface area (Å²) in [5.74, 6) is 1.65. The first-order valence-corrected chi connectivity index (χ1v) is 8.18. The number of azo groups is 1. The van der Waals surface area contributed by atoms with Crippen LogP contribution in [0.1, 0.15) is 6.92 Å². The molecule has 0 amide bonds. The van der Waals surface area contributed by atoms with Crippen molar-refractivity contribution in [3.8, 4) is 0 Å². The molecule has 4 rings (SSSR count). The van der Waals surface area contributed by atoms with Crippen LogP contribution in [0.4, 0.5) is 11.9 Å². The zero-order valence-corrected chi connectivity index (χ0v) is 14.7. The summed E-state index contributed by atoms with van der Waals surface area (Å²) < 4.78 is 3.83. The maximum Gasteiger partial charge on any atom is 0.250 e. The molecule has 0 atom stereocenters. The first-order chi connectivity index (χ1) is 12.6. The lowest BCUT2D eigenvalue weighted by molar-refractivity contribution is 0.921. The molecule has 130 valence electrons. The van der Waals surface area contributed by atoms with Gasteiger partial charge in [-0.3, -0.25) is 0 Å². The van der Waals surface area contributed by atoms with Gasteiger partial charge in [0.25, 0.3) is 0 Å². The first-order valence-electron chi connectivity index (χ1n) is 8.18. The van der Waals surface area contributed by atoms with E-state index >= 15 is 0 Å². The van der Waals surface area contributed by atoms with Crippen LogP contribution in [0.5, 0.6) is 0 Å². The third-order valence-corrected chi connectivity index (χ3v) is 4.15. The van der Waals surface area contributed by atoms with E-state index in [2.05, 4.69) is 30.7 Å². The zero-order valence-electron chi connectivity index (χ0n) is 14.7. The summed E-state index contributed by atoms with van der Waals surface area (Å²) in [7, 11) is 3.84. The SMILES string of the molecule is C/C(N=Nc1nc2ccccc2n1C)=N/Nc1nc2ccccc2n1C. The maximum atomic E-state index is 4.50. The highest BCUT2D eigenvalue weighted by molar-refractivity contribution is 5.82. The summed E-state index contributed by atoms with van der Waals surface area (Å²) in [6.07, 6.45) is 0. The lowest BCUT2D eigenvalue weighted by atomic mass is 10.3. The Balaban J connectivity index is 1.54. The van der Waals surface area contributed by atoms with E-state index in [9.17, 15) is 0 Å². The van der Waals surface area contributed by atoms with Crippen molar-refractivity contribution in [3.63, 3.8) is 0 Å². The van der Waals surface area contributed by atoms with Gasteiger partial charge in [0.1, 0.15) is 0 Å². The van der Waals surface area contributed by atoms with Crippen LogP contribution in [0.2, 0.25) is 0 Å². The second-order valence-electron chi connectivity index (χ2n) is 5.91. The molecule has 2 heterocycles. The lowest BCUT2D eigenvalue weighted by Crippen LogP contribution is -2.00. The number of amidine groups is 1. The fourth-order valence-electron chi connectivity index (χ4n) is 2.74. The Bertz CT molecular complexity index is 1150. The van der Waals surface area contributed by atoms with Crippen LogP contribution in [-0.4, -0.2) is 24.9 Å². The molecule has 8 heteroatoms. The van der Waals surface area contributed by atoms with Crippen molar-refractivity contribution < 1.29 is 0 Å². The van der Waals surface area contributed by atoms with Gasteiger partial charge < -0.3 is 9.13 Å². The van der Waals surface area contributed by atoms with Crippen molar-refractivity contribution in [2.45, 2.75) is 6.92 Å². The highest BCUT2D eigenvalue weighted by atomic mass is 15.4. The molecule has 0 radical (unpaired) electrons. The number of anilines is 1. The summed E-state index contributed by atoms with van der Waals surface area (Å²) in [4.78, 5) is 8.96. The van der Waals surface area contributed by atoms with Crippen LogP contribution in [-0.2, 0) is 14.1 Å². The maximum absolute atomic E-state index is 4.50. The molecule has 0 aliphatic carbocycles. The number of nitrogens with one attached hydrogen (secondary N) is 1. The molecule has 0 fully saturated rings. The van der Waals surface area contributed by atoms with Gasteiger partial charge in [-0.25, -0.2) is 15.4 Å². The molecule has 0 aliphatic heterocycles. The van der Waals surface area contributed by atoms with Gasteiger partial charge in [-0.1, -0.05) is 24.3 Å². The van der Waals surface area contributed by atoms with Gasteiger partial charge >= 0.3 is 0 Å². The highest BCUT2D eigenvalue weighted by Gasteiger charge is 2.07. The molecule has 0 spiro atoms. The number of para-hydroxylation sites is 4. The van der Waals surface area contributed by atoms with Crippen molar-refractivity contribution in [1.82, 2.24) is 19.1 Å². The van der Waals surface area contributed by atoms with E-state index in [1.54, 1.807) is 6.92 Å². The van der Waals surface area contributed by atoms with E-state index in [4.69, 9.17) is 0 Å². The quantitative estimate of drug-likeness (QED) is 0.263. The molecule has 0 bridgehead atoms. The summed E-state index contributed by atoms with van der Waals surface area (Å²) in [5.41, 5.74) is 6.77. The Labute approximate surface area is 149 Å². The zero-order chi connectivity index (χ0) is 18.1. The Morgan fingerprint density at radius 2 is 1.50 bits per heavy atom. The van der Waals surface area contributed by atoms with Gasteiger partial charge in [-0.2, -0.15) is 5.10 Å². The van der Waals surface area contributed by atoms with Gasteiger partial charge in [0.2, 0.25) is 11.9 Å². The average molecular weight is 346 g/mol. The molecular weight excluding hydrogens is 328 g/mol. The van der Waals surface area contributed by atoms with Gasteiger partial charge in [0.15, 0.2) is 5.84 Å². The summed E-state index contributed by atoms with van der Waals surface area (Å²) in [5, 5.41) is 12.6. The molecular formula is C18H18N8. The van der Waals surface area contributed by atoms with Gasteiger partial charge in [0, 0.05) is 14.1 Å². The van der Waals surface area contributed by atoms with Crippen LogP contribution in [0.25, 0.3) is 22.1 Å². The number of aryl methyl sites for hydroxylation is 2. The second kappa shape index (κ2) is 6.40. The Morgan fingerprint density at radius 3 is 2.15 bits per heavy atom. The minimum atomic E-state index is 0.476. The number of hydrogen-bond acceptors (Lipinski definition) is 5. The van der Waals surface area contributed by atoms with Gasteiger partial charge in [0.05, 0.1) is 22.1 Å². The molecule has 0 aliphatic rings. The normalized spacial score (nSPS) is 12.5. The molecule has 0 saturated carbocycles. The largest absolute Gasteiger partial charge is 0.312 e. The molecule has 8 nitrogen and oxygen atoms in total. The van der Waals surface area contributed by atoms with Gasteiger partial charge in [-0.15, -0.1) is 10.2 Å². The lowest BCUT2D eigenvalue weighted by Gasteiger charge is -2.00. The number of hydrogen-bond donors (Lipinski definition) is 1. The summed E-state index contributed by atoms with van der Waals surface area (Å²) in [6.45, 7) is 1.77. The third kappa shape index (κ3) is 2.81. The number of imidazole rings is 2. The highest BCUT2D eigenvalue weighted by Crippen LogP contribution is 2.20. The van der Waals surface area contributed by atoms with E-state index in [1.807, 2.05) is 71.8 Å². The third-order valence-electron chi connectivity index (χ3n) is 4.15. The summed E-state index contributed by atoms with van der Waals surface area (Å²) in [6, 6.07) is 15.8. The van der Waals surface area contributed by atoms with E-state index in [0.717, 1.165) is 22.1 Å². The fourth-order valence-corrected chi connectivity index (χ4v) is 2.74. The van der Waals surface area contributed by atoms with Gasteiger partial charge in [-0.05, 0) is 31.2 Å². The standard InChI is InChI=1S/C18H18N8/c1-12(21-23-17-19-13-8-4-6-10-15(13)25(17)2)22-24-18-20-14-9-5-7-11-16(14)26(18)3/h4-11H,1-3H3,(H,19,23)/b21-12-,24-22?. The molecule has 0 saturated heterocycles. The van der Waals surface area contributed by atoms with Crippen LogP contribution in [0.3, 0.4) is 0 Å². The summed E-state index contributed by atoms with van der Waals surface area (Å²) >= 11 is 0. The second-order valence-corrected chi connectivity index (χ2v) is 5.91. The topological polar surface area (TPSA) is 84.8 Å². The number of nitrogens with zero attached hydrogens (tertiary/aromatic N) is 7. The van der Waals surface area contributed by atoms with Crippen LogP contribution >= 0.6 is 0 Å². The average Bonchev–Trinajstić information content (AvgIpc) is 3.16. The molecule has 2 aromatic heterocycles. The number of rotatable bonds is 3. The van der Waals surface area contributed by atoms with E-state index in [-0.39, 0.29) is 0 Å². The van der Waals surface area contributed by atoms with Crippen molar-refractivity contribution in [3.05, 3.63) is 48.5 Å². The van der Waals surface area contributed by atoms with E-state index < -0.39 is 0 Å². The molecule has 1 N–H and O–H groups in total. The molecule has 0 unspecified atom stereocenters. The number of hydrazone groups is 1. The van der Waals surface area contributed by atoms with Crippen molar-refractivity contribution >= 4 is 39.8 Å². The molecule has 26 heavy (non-hydrogen) atoms. The van der Waals surface area contributed by atoms with Crippen molar-refractivity contribution in [1.29, 1.82) is 0 Å². The molecule has 2 aromatic carbocycles. The Kier molecular flexibility index (Phi) is 3.92. The number of aromatic nitrogens is 4. The number of fused-ring (bicyclic) bond motifs is 2.